The summed E-state index contributed by atoms with van der Waals surface area (Å²) >= 11 is 5.94. The monoisotopic (exact) mass is 334 g/mol. The Morgan fingerprint density at radius 1 is 1.14 bits per heavy atom. The quantitative estimate of drug-likeness (QED) is 0.757. The first-order valence-electron chi connectivity index (χ1n) is 6.29. The molecule has 0 aliphatic rings. The zero-order valence-electron chi connectivity index (χ0n) is 11.3. The Morgan fingerprint density at radius 2 is 2.00 bits per heavy atom. The summed E-state index contributed by atoms with van der Waals surface area (Å²) in [5.74, 6) is 0.499. The number of nitrogens with zero attached hydrogens (tertiary/aromatic N) is 1. The molecule has 4 nitrogen and oxygen atoms in total. The fraction of sp³-hybridized carbons (Fsp3) is 0. The predicted molar refractivity (Wildman–Crippen MR) is 88.6 cm³/mol. The molecule has 1 aromatic carbocycles. The number of rotatable bonds is 3. The van der Waals surface area contributed by atoms with E-state index < -0.39 is 0 Å². The average molecular weight is 335 g/mol. The van der Waals surface area contributed by atoms with Gasteiger partial charge in [-0.25, -0.2) is 0 Å². The lowest BCUT2D eigenvalue weighted by Gasteiger charge is -2.02. The van der Waals surface area contributed by atoms with E-state index in [2.05, 4.69) is 10.3 Å². The molecular formula is C16H12Cl2N2O2. The minimum atomic E-state index is -0.323. The summed E-state index contributed by atoms with van der Waals surface area (Å²) in [6, 6.07) is 14.1. The van der Waals surface area contributed by atoms with Gasteiger partial charge in [-0.2, -0.15) is 0 Å². The van der Waals surface area contributed by atoms with Crippen molar-refractivity contribution in [2.24, 2.45) is 0 Å². The molecule has 2 heterocycles. The van der Waals surface area contributed by atoms with Crippen LogP contribution in [0.25, 0.3) is 11.3 Å². The number of furan rings is 1. The number of amides is 1. The topological polar surface area (TPSA) is 55.1 Å². The molecule has 0 atom stereocenters. The third kappa shape index (κ3) is 3.67. The number of benzene rings is 1. The van der Waals surface area contributed by atoms with Gasteiger partial charge in [0, 0.05) is 16.8 Å². The first kappa shape index (κ1) is 16.1. The van der Waals surface area contributed by atoms with E-state index in [1.54, 1.807) is 48.8 Å². The van der Waals surface area contributed by atoms with E-state index in [0.29, 0.717) is 16.5 Å². The molecule has 0 bridgehead atoms. The molecule has 112 valence electrons. The minimum absolute atomic E-state index is 0. The van der Waals surface area contributed by atoms with Gasteiger partial charge in [-0.05, 0) is 36.4 Å². The molecule has 3 aromatic rings. The summed E-state index contributed by atoms with van der Waals surface area (Å²) in [5.41, 5.74) is 1.44. The highest BCUT2D eigenvalue weighted by molar-refractivity contribution is 6.30. The third-order valence-electron chi connectivity index (χ3n) is 2.86. The molecule has 0 aliphatic heterocycles. The van der Waals surface area contributed by atoms with Crippen LogP contribution in [0.2, 0.25) is 5.02 Å². The highest BCUT2D eigenvalue weighted by Crippen LogP contribution is 2.25. The van der Waals surface area contributed by atoms with Gasteiger partial charge in [0.25, 0.3) is 5.91 Å². The Morgan fingerprint density at radius 3 is 2.73 bits per heavy atom. The summed E-state index contributed by atoms with van der Waals surface area (Å²) in [6.45, 7) is 0. The lowest BCUT2D eigenvalue weighted by atomic mass is 10.2. The number of hydrogen-bond donors (Lipinski definition) is 1. The summed E-state index contributed by atoms with van der Waals surface area (Å²) < 4.78 is 5.57. The van der Waals surface area contributed by atoms with Crippen molar-refractivity contribution >= 4 is 35.6 Å². The fourth-order valence-corrected chi connectivity index (χ4v) is 2.08. The lowest BCUT2D eigenvalue weighted by molar-refractivity contribution is 0.0997. The second-order valence-corrected chi connectivity index (χ2v) is 4.81. The van der Waals surface area contributed by atoms with Crippen molar-refractivity contribution in [2.75, 3.05) is 5.32 Å². The van der Waals surface area contributed by atoms with E-state index in [0.717, 1.165) is 5.56 Å². The van der Waals surface area contributed by atoms with Crippen molar-refractivity contribution in [2.45, 2.75) is 0 Å². The molecule has 3 rings (SSSR count). The van der Waals surface area contributed by atoms with Crippen molar-refractivity contribution in [3.63, 3.8) is 0 Å². The summed E-state index contributed by atoms with van der Waals surface area (Å²) in [7, 11) is 0. The van der Waals surface area contributed by atoms with Gasteiger partial charge >= 0.3 is 0 Å². The molecule has 2 aromatic heterocycles. The van der Waals surface area contributed by atoms with Gasteiger partial charge in [-0.1, -0.05) is 23.7 Å². The maximum atomic E-state index is 12.1. The first-order valence-corrected chi connectivity index (χ1v) is 6.67. The first-order chi connectivity index (χ1) is 10.2. The highest BCUT2D eigenvalue weighted by atomic mass is 35.5. The van der Waals surface area contributed by atoms with Crippen molar-refractivity contribution in [3.05, 3.63) is 71.7 Å². The van der Waals surface area contributed by atoms with Gasteiger partial charge in [-0.3, -0.25) is 9.78 Å². The molecule has 6 heteroatoms. The molecule has 0 spiro atoms. The van der Waals surface area contributed by atoms with Crippen LogP contribution >= 0.6 is 24.0 Å². The Hall–Kier alpha value is -2.30. The zero-order valence-corrected chi connectivity index (χ0v) is 12.9. The Labute approximate surface area is 138 Å². The van der Waals surface area contributed by atoms with E-state index in [1.807, 2.05) is 12.1 Å². The predicted octanol–water partition coefficient (Wildman–Crippen LogP) is 4.67. The van der Waals surface area contributed by atoms with Crippen LogP contribution in [0.1, 0.15) is 10.6 Å². The number of carbonyl (C=O) groups excluding carboxylic acids is 1. The molecule has 0 fully saturated rings. The van der Waals surface area contributed by atoms with Crippen LogP contribution in [0.4, 0.5) is 5.69 Å². The van der Waals surface area contributed by atoms with Crippen LogP contribution in [-0.2, 0) is 0 Å². The lowest BCUT2D eigenvalue weighted by Crippen LogP contribution is -2.10. The molecule has 0 radical (unpaired) electrons. The van der Waals surface area contributed by atoms with E-state index in [4.69, 9.17) is 16.0 Å². The standard InChI is InChI=1S/C16H11ClN2O2.ClH/c17-12-4-1-3-11(9-12)14-6-7-15(21-14)16(20)19-13-5-2-8-18-10-13;/h1-10H,(H,19,20);1H. The van der Waals surface area contributed by atoms with Crippen LogP contribution < -0.4 is 5.32 Å². The number of anilines is 1. The third-order valence-corrected chi connectivity index (χ3v) is 3.09. The van der Waals surface area contributed by atoms with Crippen molar-refractivity contribution in [1.29, 1.82) is 0 Å². The van der Waals surface area contributed by atoms with Gasteiger partial charge < -0.3 is 9.73 Å². The molecular weight excluding hydrogens is 323 g/mol. The maximum absolute atomic E-state index is 12.1. The fourth-order valence-electron chi connectivity index (χ4n) is 1.89. The van der Waals surface area contributed by atoms with E-state index in [1.165, 1.54) is 0 Å². The Kier molecular flexibility index (Phi) is 5.20. The summed E-state index contributed by atoms with van der Waals surface area (Å²) in [5, 5.41) is 3.33. The number of hydrogen-bond acceptors (Lipinski definition) is 3. The summed E-state index contributed by atoms with van der Waals surface area (Å²) in [4.78, 5) is 16.0. The smallest absolute Gasteiger partial charge is 0.291 e. The second-order valence-electron chi connectivity index (χ2n) is 4.37. The Bertz CT molecular complexity index is 773. The summed E-state index contributed by atoms with van der Waals surface area (Å²) in [6.07, 6.45) is 3.21. The van der Waals surface area contributed by atoms with Crippen LogP contribution in [0, 0.1) is 0 Å². The van der Waals surface area contributed by atoms with Crippen molar-refractivity contribution in [1.82, 2.24) is 4.98 Å². The highest BCUT2D eigenvalue weighted by Gasteiger charge is 2.12. The number of halogens is 2. The molecule has 1 amide bonds. The minimum Gasteiger partial charge on any atom is -0.451 e. The van der Waals surface area contributed by atoms with Crippen molar-refractivity contribution in [3.8, 4) is 11.3 Å². The molecule has 0 unspecified atom stereocenters. The Balaban J connectivity index is 0.00000176. The van der Waals surface area contributed by atoms with Gasteiger partial charge in [0.05, 0.1) is 11.9 Å². The average Bonchev–Trinajstić information content (AvgIpc) is 2.98. The number of aromatic nitrogens is 1. The molecule has 0 saturated heterocycles. The van der Waals surface area contributed by atoms with Gasteiger partial charge in [0.15, 0.2) is 5.76 Å². The number of nitrogens with one attached hydrogen (secondary N) is 1. The largest absolute Gasteiger partial charge is 0.451 e. The SMILES string of the molecule is Cl.O=C(Nc1cccnc1)c1ccc(-c2cccc(Cl)c2)o1. The van der Waals surface area contributed by atoms with Gasteiger partial charge in [-0.15, -0.1) is 12.4 Å². The van der Waals surface area contributed by atoms with E-state index >= 15 is 0 Å². The van der Waals surface area contributed by atoms with Crippen LogP contribution in [0.5, 0.6) is 0 Å². The van der Waals surface area contributed by atoms with E-state index in [-0.39, 0.29) is 24.1 Å². The number of carbonyl (C=O) groups is 1. The molecule has 1 N–H and O–H groups in total. The number of pyridine rings is 1. The van der Waals surface area contributed by atoms with Crippen LogP contribution in [0.15, 0.2) is 65.3 Å². The van der Waals surface area contributed by atoms with E-state index in [9.17, 15) is 4.79 Å². The van der Waals surface area contributed by atoms with Gasteiger partial charge in [0.1, 0.15) is 5.76 Å². The van der Waals surface area contributed by atoms with Crippen LogP contribution in [0.3, 0.4) is 0 Å². The van der Waals surface area contributed by atoms with Crippen LogP contribution in [-0.4, -0.2) is 10.9 Å². The normalized spacial score (nSPS) is 9.86. The maximum Gasteiger partial charge on any atom is 0.291 e. The second kappa shape index (κ2) is 7.11. The van der Waals surface area contributed by atoms with Crippen molar-refractivity contribution < 1.29 is 9.21 Å². The zero-order chi connectivity index (χ0) is 14.7. The molecule has 0 aliphatic carbocycles. The van der Waals surface area contributed by atoms with Gasteiger partial charge in [0.2, 0.25) is 0 Å². The molecule has 22 heavy (non-hydrogen) atoms. The molecule has 0 saturated carbocycles.